The zero-order chi connectivity index (χ0) is 18.4. The Balaban J connectivity index is 1.84. The van der Waals surface area contributed by atoms with Gasteiger partial charge >= 0.3 is 0 Å². The van der Waals surface area contributed by atoms with Crippen LogP contribution in [0.5, 0.6) is 5.75 Å². The molecule has 0 spiro atoms. The molecule has 3 rings (SSSR count). The third kappa shape index (κ3) is 4.30. The lowest BCUT2D eigenvalue weighted by Gasteiger charge is -2.13. The summed E-state index contributed by atoms with van der Waals surface area (Å²) in [6.07, 6.45) is 1.49. The maximum absolute atomic E-state index is 12.5. The standard InChI is InChI=1S/C21H23N3O2/c1-3-13-26-19-12-8-7-11-18(19)23-21-22-15(2)17(20(25)24-21)14-16-9-5-4-6-10-16/h4-12H,3,13-14H2,1-2H3,(H2,22,23,24,25). The highest BCUT2D eigenvalue weighted by Crippen LogP contribution is 2.26. The zero-order valence-corrected chi connectivity index (χ0v) is 15.1. The van der Waals surface area contributed by atoms with Crippen LogP contribution < -0.4 is 15.6 Å². The largest absolute Gasteiger partial charge is 0.491 e. The number of nitrogens with one attached hydrogen (secondary N) is 2. The van der Waals surface area contributed by atoms with Crippen LogP contribution in [-0.4, -0.2) is 16.6 Å². The van der Waals surface area contributed by atoms with Crippen LogP contribution in [0.3, 0.4) is 0 Å². The van der Waals surface area contributed by atoms with Gasteiger partial charge in [-0.15, -0.1) is 0 Å². The van der Waals surface area contributed by atoms with Gasteiger partial charge in [0.15, 0.2) is 0 Å². The second kappa shape index (κ2) is 8.34. The molecule has 5 heteroatoms. The summed E-state index contributed by atoms with van der Waals surface area (Å²) < 4.78 is 5.74. The molecule has 2 aromatic carbocycles. The summed E-state index contributed by atoms with van der Waals surface area (Å²) in [6, 6.07) is 17.5. The Kier molecular flexibility index (Phi) is 5.69. The van der Waals surface area contributed by atoms with Crippen molar-refractivity contribution in [2.24, 2.45) is 0 Å². The minimum absolute atomic E-state index is 0.129. The molecule has 0 aliphatic rings. The van der Waals surface area contributed by atoms with Gasteiger partial charge in [0.05, 0.1) is 18.0 Å². The number of H-pyrrole nitrogens is 1. The fourth-order valence-electron chi connectivity index (χ4n) is 2.71. The lowest BCUT2D eigenvalue weighted by Crippen LogP contribution is -2.18. The van der Waals surface area contributed by atoms with Gasteiger partial charge in [0.2, 0.25) is 5.95 Å². The summed E-state index contributed by atoms with van der Waals surface area (Å²) in [5.41, 5.74) is 3.13. The van der Waals surface area contributed by atoms with E-state index in [1.54, 1.807) is 0 Å². The summed E-state index contributed by atoms with van der Waals surface area (Å²) in [6.45, 7) is 4.56. The van der Waals surface area contributed by atoms with Crippen LogP contribution in [0.1, 0.15) is 30.2 Å². The topological polar surface area (TPSA) is 67.0 Å². The molecule has 0 unspecified atom stereocenters. The Morgan fingerprint density at radius 1 is 1.08 bits per heavy atom. The number of rotatable bonds is 7. The number of nitrogens with zero attached hydrogens (tertiary/aromatic N) is 1. The first-order valence-electron chi connectivity index (χ1n) is 8.80. The highest BCUT2D eigenvalue weighted by Gasteiger charge is 2.11. The number of anilines is 2. The Morgan fingerprint density at radius 2 is 1.81 bits per heavy atom. The molecule has 3 aromatic rings. The maximum atomic E-state index is 12.5. The molecule has 26 heavy (non-hydrogen) atoms. The van der Waals surface area contributed by atoms with E-state index in [9.17, 15) is 4.79 Å². The van der Waals surface area contributed by atoms with Gasteiger partial charge in [-0.3, -0.25) is 9.78 Å². The molecular weight excluding hydrogens is 326 g/mol. The van der Waals surface area contributed by atoms with Crippen molar-refractivity contribution >= 4 is 11.6 Å². The molecule has 0 amide bonds. The molecule has 0 saturated carbocycles. The summed E-state index contributed by atoms with van der Waals surface area (Å²) in [5.74, 6) is 1.15. The van der Waals surface area contributed by atoms with E-state index < -0.39 is 0 Å². The molecule has 0 fully saturated rings. The van der Waals surface area contributed by atoms with Crippen molar-refractivity contribution in [1.82, 2.24) is 9.97 Å². The Hall–Kier alpha value is -3.08. The Bertz CT molecular complexity index is 920. The van der Waals surface area contributed by atoms with Crippen molar-refractivity contribution in [1.29, 1.82) is 0 Å². The number of benzene rings is 2. The summed E-state index contributed by atoms with van der Waals surface area (Å²) >= 11 is 0. The minimum Gasteiger partial charge on any atom is -0.491 e. The fourth-order valence-corrected chi connectivity index (χ4v) is 2.71. The van der Waals surface area contributed by atoms with Crippen molar-refractivity contribution in [3.05, 3.63) is 81.8 Å². The summed E-state index contributed by atoms with van der Waals surface area (Å²) in [5, 5.41) is 3.16. The fraction of sp³-hybridized carbons (Fsp3) is 0.238. The van der Waals surface area contributed by atoms with Crippen LogP contribution in [0.4, 0.5) is 11.6 Å². The van der Waals surface area contributed by atoms with Crippen LogP contribution in [0.2, 0.25) is 0 Å². The SMILES string of the molecule is CCCOc1ccccc1Nc1nc(C)c(Cc2ccccc2)c(=O)[nH]1. The van der Waals surface area contributed by atoms with Crippen LogP contribution in [-0.2, 0) is 6.42 Å². The van der Waals surface area contributed by atoms with Gasteiger partial charge < -0.3 is 10.1 Å². The van der Waals surface area contributed by atoms with Gasteiger partial charge in [-0.1, -0.05) is 49.4 Å². The zero-order valence-electron chi connectivity index (χ0n) is 15.1. The van der Waals surface area contributed by atoms with E-state index in [1.807, 2.05) is 61.5 Å². The van der Waals surface area contributed by atoms with E-state index in [1.165, 1.54) is 0 Å². The third-order valence-corrected chi connectivity index (χ3v) is 4.05. The average Bonchev–Trinajstić information content (AvgIpc) is 2.65. The first kappa shape index (κ1) is 17.7. The molecule has 2 N–H and O–H groups in total. The minimum atomic E-state index is -0.129. The quantitative estimate of drug-likeness (QED) is 0.671. The second-order valence-corrected chi connectivity index (χ2v) is 6.11. The number of aromatic nitrogens is 2. The van der Waals surface area contributed by atoms with Crippen LogP contribution >= 0.6 is 0 Å². The van der Waals surface area contributed by atoms with Crippen molar-refractivity contribution in [2.75, 3.05) is 11.9 Å². The summed E-state index contributed by atoms with van der Waals surface area (Å²) in [4.78, 5) is 19.9. The maximum Gasteiger partial charge on any atom is 0.256 e. The Morgan fingerprint density at radius 3 is 2.54 bits per heavy atom. The van der Waals surface area contributed by atoms with E-state index in [0.29, 0.717) is 30.2 Å². The molecule has 0 aliphatic carbocycles. The highest BCUT2D eigenvalue weighted by atomic mass is 16.5. The smallest absolute Gasteiger partial charge is 0.256 e. The first-order chi connectivity index (χ1) is 12.7. The predicted octanol–water partition coefficient (Wildman–Crippen LogP) is 4.20. The molecule has 0 saturated heterocycles. The molecular formula is C21H23N3O2. The van der Waals surface area contributed by atoms with E-state index in [2.05, 4.69) is 22.2 Å². The van der Waals surface area contributed by atoms with Crippen molar-refractivity contribution < 1.29 is 4.74 Å². The monoisotopic (exact) mass is 349 g/mol. The molecule has 0 bridgehead atoms. The van der Waals surface area contributed by atoms with Gasteiger partial charge in [-0.2, -0.15) is 0 Å². The van der Waals surface area contributed by atoms with Gasteiger partial charge in [-0.25, -0.2) is 4.98 Å². The van der Waals surface area contributed by atoms with E-state index in [4.69, 9.17) is 4.74 Å². The van der Waals surface area contributed by atoms with Crippen LogP contribution in [0.25, 0.3) is 0 Å². The van der Waals surface area contributed by atoms with Crippen molar-refractivity contribution in [2.45, 2.75) is 26.7 Å². The van der Waals surface area contributed by atoms with Gasteiger partial charge in [0.25, 0.3) is 5.56 Å². The first-order valence-corrected chi connectivity index (χ1v) is 8.80. The number of para-hydroxylation sites is 2. The molecule has 1 aromatic heterocycles. The number of hydrogen-bond donors (Lipinski definition) is 2. The van der Waals surface area contributed by atoms with Gasteiger partial charge in [0.1, 0.15) is 5.75 Å². The number of ether oxygens (including phenoxy) is 1. The van der Waals surface area contributed by atoms with Gasteiger partial charge in [0, 0.05) is 12.0 Å². The van der Waals surface area contributed by atoms with Gasteiger partial charge in [-0.05, 0) is 31.0 Å². The molecule has 5 nitrogen and oxygen atoms in total. The molecule has 1 heterocycles. The summed E-state index contributed by atoms with van der Waals surface area (Å²) in [7, 11) is 0. The number of aryl methyl sites for hydroxylation is 1. The van der Waals surface area contributed by atoms with Crippen molar-refractivity contribution in [3.63, 3.8) is 0 Å². The normalized spacial score (nSPS) is 10.5. The Labute approximate surface area is 153 Å². The average molecular weight is 349 g/mol. The predicted molar refractivity (Wildman–Crippen MR) is 104 cm³/mol. The highest BCUT2D eigenvalue weighted by molar-refractivity contribution is 5.62. The van der Waals surface area contributed by atoms with E-state index in [0.717, 1.165) is 23.4 Å². The van der Waals surface area contributed by atoms with Crippen LogP contribution in [0.15, 0.2) is 59.4 Å². The lowest BCUT2D eigenvalue weighted by atomic mass is 10.1. The molecule has 0 atom stereocenters. The van der Waals surface area contributed by atoms with E-state index in [-0.39, 0.29) is 5.56 Å². The molecule has 0 aliphatic heterocycles. The van der Waals surface area contributed by atoms with Crippen molar-refractivity contribution in [3.8, 4) is 5.75 Å². The molecule has 134 valence electrons. The second-order valence-electron chi connectivity index (χ2n) is 6.11. The molecule has 0 radical (unpaired) electrons. The van der Waals surface area contributed by atoms with Crippen LogP contribution in [0, 0.1) is 6.92 Å². The number of hydrogen-bond acceptors (Lipinski definition) is 4. The lowest BCUT2D eigenvalue weighted by molar-refractivity contribution is 0.319. The third-order valence-electron chi connectivity index (χ3n) is 4.05. The van der Waals surface area contributed by atoms with E-state index >= 15 is 0 Å². The number of aromatic amines is 1.